The summed E-state index contributed by atoms with van der Waals surface area (Å²) in [5.41, 5.74) is 2.70. The lowest BCUT2D eigenvalue weighted by molar-refractivity contribution is -0.274. The van der Waals surface area contributed by atoms with Crippen LogP contribution in [0.4, 0.5) is 18.0 Å². The molecule has 2 aliphatic heterocycles. The lowest BCUT2D eigenvalue weighted by atomic mass is 9.83. The second kappa shape index (κ2) is 8.78. The molecule has 2 fully saturated rings. The Hall–Kier alpha value is -2.75. The molecule has 168 valence electrons. The van der Waals surface area contributed by atoms with E-state index in [-0.39, 0.29) is 23.6 Å². The third-order valence-electron chi connectivity index (χ3n) is 5.73. The van der Waals surface area contributed by atoms with Gasteiger partial charge < -0.3 is 19.3 Å². The SMILES string of the molecule is Cc1cc(C2CC(c3ccc(OC(F)(F)F)cc3)CN(C(=O)N3CCOCC3)C2)n[nH]1. The van der Waals surface area contributed by atoms with Gasteiger partial charge in [0.1, 0.15) is 5.75 Å². The molecule has 0 aliphatic carbocycles. The van der Waals surface area contributed by atoms with Crippen molar-refractivity contribution < 1.29 is 27.4 Å². The Labute approximate surface area is 178 Å². The van der Waals surface area contributed by atoms with Crippen molar-refractivity contribution in [2.45, 2.75) is 31.5 Å². The number of carbonyl (C=O) groups is 1. The van der Waals surface area contributed by atoms with Gasteiger partial charge in [-0.1, -0.05) is 12.1 Å². The van der Waals surface area contributed by atoms with E-state index in [1.807, 2.05) is 17.9 Å². The van der Waals surface area contributed by atoms with Gasteiger partial charge in [-0.3, -0.25) is 5.10 Å². The number of likely N-dealkylation sites (tertiary alicyclic amines) is 1. The number of morpholine rings is 1. The van der Waals surface area contributed by atoms with E-state index in [0.29, 0.717) is 39.4 Å². The van der Waals surface area contributed by atoms with Gasteiger partial charge in [0.2, 0.25) is 0 Å². The Kier molecular flexibility index (Phi) is 6.08. The Morgan fingerprint density at radius 1 is 1.13 bits per heavy atom. The minimum Gasteiger partial charge on any atom is -0.406 e. The molecule has 2 atom stereocenters. The molecule has 2 amide bonds. The number of rotatable bonds is 3. The number of H-pyrrole nitrogens is 1. The van der Waals surface area contributed by atoms with Crippen LogP contribution in [-0.2, 0) is 4.74 Å². The highest BCUT2D eigenvalue weighted by atomic mass is 19.4. The van der Waals surface area contributed by atoms with Crippen molar-refractivity contribution in [2.75, 3.05) is 39.4 Å². The molecule has 1 aromatic carbocycles. The third-order valence-corrected chi connectivity index (χ3v) is 5.73. The normalized spacial score (nSPS) is 22.5. The molecule has 2 unspecified atom stereocenters. The molecule has 0 spiro atoms. The highest BCUT2D eigenvalue weighted by Crippen LogP contribution is 2.36. The molecule has 0 saturated carbocycles. The first-order valence-electron chi connectivity index (χ1n) is 10.3. The molecule has 2 aromatic rings. The number of piperidine rings is 1. The summed E-state index contributed by atoms with van der Waals surface area (Å²) in [7, 11) is 0. The molecule has 31 heavy (non-hydrogen) atoms. The molecule has 0 radical (unpaired) electrons. The molecular formula is C21H25F3N4O3. The number of alkyl halides is 3. The maximum absolute atomic E-state index is 13.1. The number of benzene rings is 1. The van der Waals surface area contributed by atoms with E-state index < -0.39 is 6.36 Å². The number of carbonyl (C=O) groups excluding carboxylic acids is 1. The highest BCUT2D eigenvalue weighted by molar-refractivity contribution is 5.75. The van der Waals surface area contributed by atoms with Gasteiger partial charge in [0, 0.05) is 43.7 Å². The molecule has 2 aliphatic rings. The maximum Gasteiger partial charge on any atom is 0.573 e. The van der Waals surface area contributed by atoms with E-state index in [4.69, 9.17) is 4.74 Å². The number of nitrogens with one attached hydrogen (secondary N) is 1. The first-order valence-corrected chi connectivity index (χ1v) is 10.3. The van der Waals surface area contributed by atoms with Crippen molar-refractivity contribution in [1.82, 2.24) is 20.0 Å². The van der Waals surface area contributed by atoms with Crippen molar-refractivity contribution in [1.29, 1.82) is 0 Å². The number of hydrogen-bond donors (Lipinski definition) is 1. The van der Waals surface area contributed by atoms with Gasteiger partial charge in [-0.2, -0.15) is 5.10 Å². The van der Waals surface area contributed by atoms with Crippen LogP contribution in [0.5, 0.6) is 5.75 Å². The number of hydrogen-bond acceptors (Lipinski definition) is 4. The first kappa shape index (κ1) is 21.5. The molecular weight excluding hydrogens is 413 g/mol. The number of nitrogens with zero attached hydrogens (tertiary/aromatic N) is 3. The van der Waals surface area contributed by atoms with Crippen molar-refractivity contribution >= 4 is 6.03 Å². The Balaban J connectivity index is 1.54. The van der Waals surface area contributed by atoms with Crippen molar-refractivity contribution in [3.63, 3.8) is 0 Å². The predicted octanol–water partition coefficient (Wildman–Crippen LogP) is 3.64. The summed E-state index contributed by atoms with van der Waals surface area (Å²) in [6, 6.07) is 7.86. The van der Waals surface area contributed by atoms with Gasteiger partial charge in [-0.15, -0.1) is 13.2 Å². The van der Waals surface area contributed by atoms with Gasteiger partial charge in [-0.05, 0) is 37.1 Å². The predicted molar refractivity (Wildman–Crippen MR) is 106 cm³/mol. The lowest BCUT2D eigenvalue weighted by Gasteiger charge is -2.40. The number of aromatic amines is 1. The summed E-state index contributed by atoms with van der Waals surface area (Å²) in [6.45, 7) is 5.11. The van der Waals surface area contributed by atoms with E-state index in [1.54, 1.807) is 17.0 Å². The monoisotopic (exact) mass is 438 g/mol. The van der Waals surface area contributed by atoms with Crippen LogP contribution in [0.15, 0.2) is 30.3 Å². The Morgan fingerprint density at radius 2 is 1.81 bits per heavy atom. The zero-order valence-electron chi connectivity index (χ0n) is 17.2. The molecule has 1 aromatic heterocycles. The molecule has 2 saturated heterocycles. The van der Waals surface area contributed by atoms with Crippen LogP contribution >= 0.6 is 0 Å². The Bertz CT molecular complexity index is 894. The number of aryl methyl sites for hydroxylation is 1. The second-order valence-corrected chi connectivity index (χ2v) is 8.01. The molecule has 0 bridgehead atoms. The van der Waals surface area contributed by atoms with Gasteiger partial charge in [0.15, 0.2) is 0 Å². The fraction of sp³-hybridized carbons (Fsp3) is 0.524. The first-order chi connectivity index (χ1) is 14.8. The molecule has 1 N–H and O–H groups in total. The van der Waals surface area contributed by atoms with E-state index in [2.05, 4.69) is 14.9 Å². The van der Waals surface area contributed by atoms with Gasteiger partial charge in [-0.25, -0.2) is 4.79 Å². The number of urea groups is 1. The number of aromatic nitrogens is 2. The fourth-order valence-corrected chi connectivity index (χ4v) is 4.26. The largest absolute Gasteiger partial charge is 0.573 e. The van der Waals surface area contributed by atoms with Crippen LogP contribution in [0, 0.1) is 6.92 Å². The smallest absolute Gasteiger partial charge is 0.406 e. The lowest BCUT2D eigenvalue weighted by Crippen LogP contribution is -2.52. The minimum absolute atomic E-state index is 0.0271. The van der Waals surface area contributed by atoms with Crippen molar-refractivity contribution in [3.05, 3.63) is 47.3 Å². The van der Waals surface area contributed by atoms with Crippen LogP contribution in [0.25, 0.3) is 0 Å². The average molecular weight is 438 g/mol. The summed E-state index contributed by atoms with van der Waals surface area (Å²) in [4.78, 5) is 16.8. The summed E-state index contributed by atoms with van der Waals surface area (Å²) >= 11 is 0. The van der Waals surface area contributed by atoms with E-state index in [9.17, 15) is 18.0 Å². The van der Waals surface area contributed by atoms with E-state index in [1.165, 1.54) is 12.1 Å². The summed E-state index contributed by atoms with van der Waals surface area (Å²) in [5, 5.41) is 7.34. The average Bonchev–Trinajstić information content (AvgIpc) is 3.19. The van der Waals surface area contributed by atoms with E-state index >= 15 is 0 Å². The van der Waals surface area contributed by atoms with Crippen LogP contribution < -0.4 is 4.74 Å². The summed E-state index contributed by atoms with van der Waals surface area (Å²) in [6.07, 6.45) is -3.98. The van der Waals surface area contributed by atoms with Crippen molar-refractivity contribution in [3.8, 4) is 5.75 Å². The Morgan fingerprint density at radius 3 is 2.42 bits per heavy atom. The van der Waals surface area contributed by atoms with Crippen molar-refractivity contribution in [2.24, 2.45) is 0 Å². The number of amides is 2. The number of halogens is 3. The summed E-state index contributed by atoms with van der Waals surface area (Å²) in [5.74, 6) is -0.256. The molecule has 4 rings (SSSR count). The molecule has 7 nitrogen and oxygen atoms in total. The number of ether oxygens (including phenoxy) is 2. The molecule has 10 heteroatoms. The third kappa shape index (κ3) is 5.30. The van der Waals surface area contributed by atoms with Crippen LogP contribution in [0.3, 0.4) is 0 Å². The van der Waals surface area contributed by atoms with Gasteiger partial charge >= 0.3 is 12.4 Å². The summed E-state index contributed by atoms with van der Waals surface area (Å²) < 4.78 is 46.7. The highest BCUT2D eigenvalue weighted by Gasteiger charge is 2.35. The fourth-order valence-electron chi connectivity index (χ4n) is 4.26. The van der Waals surface area contributed by atoms with Gasteiger partial charge in [0.25, 0.3) is 0 Å². The minimum atomic E-state index is -4.73. The standard InChI is InChI=1S/C21H25F3N4O3/c1-14-10-19(26-25-14)17-11-16(15-2-4-18(5-3-15)31-21(22,23)24)12-28(13-17)20(29)27-6-8-30-9-7-27/h2-5,10,16-17H,6-9,11-13H2,1H3,(H,25,26). The zero-order valence-corrected chi connectivity index (χ0v) is 17.2. The quantitative estimate of drug-likeness (QED) is 0.795. The van der Waals surface area contributed by atoms with Crippen LogP contribution in [0.2, 0.25) is 0 Å². The van der Waals surface area contributed by atoms with Gasteiger partial charge in [0.05, 0.1) is 18.9 Å². The second-order valence-electron chi connectivity index (χ2n) is 8.01. The molecule has 3 heterocycles. The van der Waals surface area contributed by atoms with E-state index in [0.717, 1.165) is 23.4 Å². The van der Waals surface area contributed by atoms with Crippen LogP contribution in [-0.4, -0.2) is 71.8 Å². The zero-order chi connectivity index (χ0) is 22.0. The van der Waals surface area contributed by atoms with Crippen LogP contribution in [0.1, 0.15) is 35.2 Å². The maximum atomic E-state index is 13.1. The topological polar surface area (TPSA) is 70.7 Å².